The fourth-order valence-corrected chi connectivity index (χ4v) is 1.85. The first-order chi connectivity index (χ1) is 9.66. The van der Waals surface area contributed by atoms with E-state index in [9.17, 15) is 28.2 Å². The van der Waals surface area contributed by atoms with Crippen molar-refractivity contribution in [2.24, 2.45) is 0 Å². The molecule has 1 rings (SSSR count). The van der Waals surface area contributed by atoms with Gasteiger partial charge in [0.1, 0.15) is 6.10 Å². The van der Waals surface area contributed by atoms with Gasteiger partial charge in [-0.3, -0.25) is 4.79 Å². The van der Waals surface area contributed by atoms with Gasteiger partial charge < -0.3 is 14.9 Å². The summed E-state index contributed by atoms with van der Waals surface area (Å²) in [6.07, 6.45) is -8.18. The second-order valence-corrected chi connectivity index (χ2v) is 4.59. The number of rotatable bonds is 5. The number of ether oxygens (including phenoxy) is 1. The SMILES string of the molecule is CCOC(=O)CC(O)C(O)c1cc(C(F)(F)F)ccc1C. The number of aliphatic hydroxyl groups is 2. The van der Waals surface area contributed by atoms with Gasteiger partial charge in [-0.15, -0.1) is 0 Å². The summed E-state index contributed by atoms with van der Waals surface area (Å²) < 4.78 is 42.6. The molecule has 0 saturated heterocycles. The van der Waals surface area contributed by atoms with Crippen LogP contribution < -0.4 is 0 Å². The van der Waals surface area contributed by atoms with Gasteiger partial charge in [0.15, 0.2) is 0 Å². The number of benzene rings is 1. The van der Waals surface area contributed by atoms with Crippen LogP contribution in [0.4, 0.5) is 13.2 Å². The molecule has 0 spiro atoms. The zero-order valence-corrected chi connectivity index (χ0v) is 11.6. The Labute approximate surface area is 120 Å². The average Bonchev–Trinajstić information content (AvgIpc) is 2.37. The molecule has 21 heavy (non-hydrogen) atoms. The van der Waals surface area contributed by atoms with E-state index in [0.717, 1.165) is 12.1 Å². The van der Waals surface area contributed by atoms with Crippen LogP contribution in [0, 0.1) is 6.92 Å². The summed E-state index contributed by atoms with van der Waals surface area (Å²) in [6.45, 7) is 3.21. The van der Waals surface area contributed by atoms with E-state index in [1.165, 1.54) is 13.0 Å². The van der Waals surface area contributed by atoms with E-state index in [2.05, 4.69) is 4.74 Å². The van der Waals surface area contributed by atoms with Crippen LogP contribution in [0.1, 0.15) is 36.1 Å². The molecule has 0 amide bonds. The minimum Gasteiger partial charge on any atom is -0.466 e. The molecule has 0 bridgehead atoms. The van der Waals surface area contributed by atoms with E-state index in [0.29, 0.717) is 5.56 Å². The third-order valence-electron chi connectivity index (χ3n) is 2.97. The fourth-order valence-electron chi connectivity index (χ4n) is 1.85. The third-order valence-corrected chi connectivity index (χ3v) is 2.97. The van der Waals surface area contributed by atoms with E-state index >= 15 is 0 Å². The molecule has 4 nitrogen and oxygen atoms in total. The van der Waals surface area contributed by atoms with Gasteiger partial charge in [0.25, 0.3) is 0 Å². The highest BCUT2D eigenvalue weighted by Gasteiger charge is 2.32. The van der Waals surface area contributed by atoms with Gasteiger partial charge in [-0.2, -0.15) is 13.2 Å². The van der Waals surface area contributed by atoms with Crippen molar-refractivity contribution in [2.45, 2.75) is 38.7 Å². The topological polar surface area (TPSA) is 66.8 Å². The van der Waals surface area contributed by atoms with E-state index < -0.39 is 36.3 Å². The van der Waals surface area contributed by atoms with Gasteiger partial charge in [0, 0.05) is 0 Å². The largest absolute Gasteiger partial charge is 0.466 e. The summed E-state index contributed by atoms with van der Waals surface area (Å²) in [7, 11) is 0. The van der Waals surface area contributed by atoms with Crippen LogP contribution in [0.25, 0.3) is 0 Å². The van der Waals surface area contributed by atoms with Crippen LogP contribution in [0.3, 0.4) is 0 Å². The predicted molar refractivity (Wildman–Crippen MR) is 68.4 cm³/mol. The van der Waals surface area contributed by atoms with Crippen molar-refractivity contribution >= 4 is 5.97 Å². The molecule has 0 aliphatic heterocycles. The number of esters is 1. The van der Waals surface area contributed by atoms with Crippen LogP contribution >= 0.6 is 0 Å². The van der Waals surface area contributed by atoms with Crippen LogP contribution in [-0.4, -0.2) is 28.9 Å². The number of alkyl halides is 3. The van der Waals surface area contributed by atoms with Crippen molar-refractivity contribution in [3.63, 3.8) is 0 Å². The number of aliphatic hydroxyl groups excluding tert-OH is 2. The van der Waals surface area contributed by atoms with Crippen LogP contribution in [-0.2, 0) is 15.7 Å². The second-order valence-electron chi connectivity index (χ2n) is 4.59. The first-order valence-corrected chi connectivity index (χ1v) is 6.36. The average molecular weight is 306 g/mol. The molecule has 2 N–H and O–H groups in total. The molecule has 7 heteroatoms. The summed E-state index contributed by atoms with van der Waals surface area (Å²) in [5.41, 5.74) is -0.606. The number of hydrogen-bond donors (Lipinski definition) is 2. The van der Waals surface area contributed by atoms with E-state index in [-0.39, 0.29) is 12.2 Å². The van der Waals surface area contributed by atoms with Crippen LogP contribution in [0.15, 0.2) is 18.2 Å². The van der Waals surface area contributed by atoms with Gasteiger partial charge in [-0.25, -0.2) is 0 Å². The molecule has 1 aromatic rings. The molecule has 0 fully saturated rings. The number of carbonyl (C=O) groups excluding carboxylic acids is 1. The van der Waals surface area contributed by atoms with Crippen molar-refractivity contribution < 1.29 is 32.9 Å². The number of hydrogen-bond acceptors (Lipinski definition) is 4. The first kappa shape index (κ1) is 17.5. The maximum Gasteiger partial charge on any atom is 0.416 e. The Morgan fingerprint density at radius 2 is 1.95 bits per heavy atom. The lowest BCUT2D eigenvalue weighted by Crippen LogP contribution is -2.24. The Bertz CT molecular complexity index is 499. The number of halogens is 3. The molecule has 0 aromatic heterocycles. The molecular weight excluding hydrogens is 289 g/mol. The van der Waals surface area contributed by atoms with Crippen LogP contribution in [0.2, 0.25) is 0 Å². The Morgan fingerprint density at radius 1 is 1.33 bits per heavy atom. The van der Waals surface area contributed by atoms with E-state index in [1.54, 1.807) is 6.92 Å². The predicted octanol–water partition coefficient (Wildman–Crippen LogP) is 2.36. The van der Waals surface area contributed by atoms with Gasteiger partial charge in [0.2, 0.25) is 0 Å². The molecule has 0 radical (unpaired) electrons. The van der Waals surface area contributed by atoms with Gasteiger partial charge in [-0.1, -0.05) is 6.07 Å². The monoisotopic (exact) mass is 306 g/mol. The molecule has 2 unspecified atom stereocenters. The quantitative estimate of drug-likeness (QED) is 0.820. The normalized spacial score (nSPS) is 14.6. The first-order valence-electron chi connectivity index (χ1n) is 6.36. The highest BCUT2D eigenvalue weighted by molar-refractivity contribution is 5.70. The summed E-state index contributed by atoms with van der Waals surface area (Å²) in [5, 5.41) is 19.7. The third kappa shape index (κ3) is 4.71. The molecule has 0 aliphatic carbocycles. The van der Waals surface area contributed by atoms with Crippen LogP contribution in [0.5, 0.6) is 0 Å². The van der Waals surface area contributed by atoms with Gasteiger partial charge in [-0.05, 0) is 37.1 Å². The minimum atomic E-state index is -4.55. The molecule has 0 heterocycles. The molecule has 2 atom stereocenters. The van der Waals surface area contributed by atoms with E-state index in [1.807, 2.05) is 0 Å². The minimum absolute atomic E-state index is 0.0679. The zero-order chi connectivity index (χ0) is 16.2. The lowest BCUT2D eigenvalue weighted by Gasteiger charge is -2.20. The summed E-state index contributed by atoms with van der Waals surface area (Å²) in [5.74, 6) is -0.728. The van der Waals surface area contributed by atoms with Crippen molar-refractivity contribution in [3.8, 4) is 0 Å². The molecule has 0 saturated carbocycles. The molecule has 118 valence electrons. The van der Waals surface area contributed by atoms with Gasteiger partial charge in [0.05, 0.1) is 24.7 Å². The summed E-state index contributed by atoms with van der Waals surface area (Å²) in [6, 6.07) is 2.87. The number of aryl methyl sites for hydroxylation is 1. The molecular formula is C14H17F3O4. The maximum absolute atomic E-state index is 12.7. The Kier molecular flexibility index (Phi) is 5.74. The number of carbonyl (C=O) groups is 1. The van der Waals surface area contributed by atoms with Crippen molar-refractivity contribution in [1.29, 1.82) is 0 Å². The van der Waals surface area contributed by atoms with E-state index in [4.69, 9.17) is 0 Å². The highest BCUT2D eigenvalue weighted by Crippen LogP contribution is 2.33. The van der Waals surface area contributed by atoms with Crippen molar-refractivity contribution in [1.82, 2.24) is 0 Å². The highest BCUT2D eigenvalue weighted by atomic mass is 19.4. The Balaban J connectivity index is 2.95. The van der Waals surface area contributed by atoms with Gasteiger partial charge >= 0.3 is 12.1 Å². The lowest BCUT2D eigenvalue weighted by atomic mass is 9.95. The standard InChI is InChI=1S/C14H17F3O4/c1-3-21-12(19)7-11(18)13(20)10-6-9(14(15,16)17)5-4-8(10)2/h4-6,11,13,18,20H,3,7H2,1-2H3. The smallest absolute Gasteiger partial charge is 0.416 e. The second kappa shape index (κ2) is 6.91. The summed E-state index contributed by atoms with van der Waals surface area (Å²) in [4.78, 5) is 11.2. The molecule has 1 aromatic carbocycles. The van der Waals surface area contributed by atoms with Crippen molar-refractivity contribution in [2.75, 3.05) is 6.61 Å². The Morgan fingerprint density at radius 3 is 2.48 bits per heavy atom. The molecule has 0 aliphatic rings. The zero-order valence-electron chi connectivity index (χ0n) is 11.6. The summed E-state index contributed by atoms with van der Waals surface area (Å²) >= 11 is 0. The lowest BCUT2D eigenvalue weighted by molar-refractivity contribution is -0.147. The maximum atomic E-state index is 12.7. The fraction of sp³-hybridized carbons (Fsp3) is 0.500. The Hall–Kier alpha value is -1.60. The van der Waals surface area contributed by atoms with Crippen molar-refractivity contribution in [3.05, 3.63) is 34.9 Å².